The van der Waals surface area contributed by atoms with Crippen LogP contribution in [0.5, 0.6) is 0 Å². The Morgan fingerprint density at radius 1 is 1.00 bits per heavy atom. The van der Waals surface area contributed by atoms with Crippen molar-refractivity contribution in [2.24, 2.45) is 0 Å². The monoisotopic (exact) mass is 463 g/mol. The number of rotatable bonds is 7. The maximum atomic E-state index is 12.3. The molecule has 2 aromatic heterocycles. The van der Waals surface area contributed by atoms with Gasteiger partial charge in [0.1, 0.15) is 6.04 Å². The van der Waals surface area contributed by atoms with E-state index < -0.39 is 23.8 Å². The number of carbonyl (C=O) groups excluding carboxylic acids is 3. The first-order valence-corrected chi connectivity index (χ1v) is 11.1. The smallest absolute Gasteiger partial charge is 0.287 e. The number of imidazole rings is 1. The van der Waals surface area contributed by atoms with Crippen LogP contribution in [0.25, 0.3) is 11.0 Å². The van der Waals surface area contributed by atoms with Gasteiger partial charge in [-0.2, -0.15) is 0 Å². The van der Waals surface area contributed by atoms with E-state index in [1.165, 1.54) is 19.3 Å². The van der Waals surface area contributed by atoms with E-state index in [0.29, 0.717) is 11.3 Å². The molecule has 168 valence electrons. The van der Waals surface area contributed by atoms with Crippen LogP contribution in [0.15, 0.2) is 76.5 Å². The largest absolute Gasteiger partial charge is 0.459 e. The molecule has 4 N–H and O–H groups in total. The van der Waals surface area contributed by atoms with E-state index >= 15 is 0 Å². The van der Waals surface area contributed by atoms with Crippen molar-refractivity contribution < 1.29 is 18.8 Å². The van der Waals surface area contributed by atoms with Gasteiger partial charge >= 0.3 is 0 Å². The highest BCUT2D eigenvalue weighted by Gasteiger charge is 2.18. The first-order chi connectivity index (χ1) is 16.0. The number of fused-ring (bicyclic) bond motifs is 1. The Hall–Kier alpha value is -4.05. The highest BCUT2D eigenvalue weighted by Crippen LogP contribution is 2.23. The Morgan fingerprint density at radius 2 is 1.79 bits per heavy atom. The van der Waals surface area contributed by atoms with Gasteiger partial charge in [-0.3, -0.25) is 25.2 Å². The van der Waals surface area contributed by atoms with Crippen LogP contribution in [0.4, 0.5) is 0 Å². The van der Waals surface area contributed by atoms with E-state index in [-0.39, 0.29) is 5.76 Å². The molecule has 0 aliphatic carbocycles. The summed E-state index contributed by atoms with van der Waals surface area (Å²) in [6.07, 6.45) is 1.36. The van der Waals surface area contributed by atoms with Crippen LogP contribution < -0.4 is 16.2 Å². The second-order valence-electron chi connectivity index (χ2n) is 7.16. The second-order valence-corrected chi connectivity index (χ2v) is 8.12. The first kappa shape index (κ1) is 22.2. The van der Waals surface area contributed by atoms with Gasteiger partial charge in [-0.1, -0.05) is 36.0 Å². The Morgan fingerprint density at radius 3 is 2.52 bits per heavy atom. The third-order valence-electron chi connectivity index (χ3n) is 4.74. The number of benzene rings is 2. The number of furan rings is 1. The topological polar surface area (TPSA) is 129 Å². The molecule has 9 nitrogen and oxygen atoms in total. The SMILES string of the molecule is CC(NC(=O)c1ccco1)C(=O)NNC(=O)c1ccc(CSc2nc3ccccc3[nH]2)cc1. The molecule has 0 bridgehead atoms. The number of nitrogens with zero attached hydrogens (tertiary/aromatic N) is 1. The van der Waals surface area contributed by atoms with Gasteiger partial charge in [0.2, 0.25) is 0 Å². The Balaban J connectivity index is 1.24. The fraction of sp³-hybridized carbons (Fsp3) is 0.130. The van der Waals surface area contributed by atoms with Crippen molar-refractivity contribution in [2.45, 2.75) is 23.9 Å². The maximum Gasteiger partial charge on any atom is 0.287 e. The lowest BCUT2D eigenvalue weighted by atomic mass is 10.1. The maximum absolute atomic E-state index is 12.3. The highest BCUT2D eigenvalue weighted by molar-refractivity contribution is 7.98. The van der Waals surface area contributed by atoms with Crippen LogP contribution in [0.2, 0.25) is 0 Å². The van der Waals surface area contributed by atoms with Gasteiger partial charge in [-0.25, -0.2) is 4.98 Å². The lowest BCUT2D eigenvalue weighted by molar-refractivity contribution is -0.123. The minimum absolute atomic E-state index is 0.0947. The molecule has 0 aliphatic rings. The molecule has 0 spiro atoms. The molecule has 3 amide bonds. The van der Waals surface area contributed by atoms with Crippen molar-refractivity contribution in [3.63, 3.8) is 0 Å². The van der Waals surface area contributed by atoms with Crippen LogP contribution in [0, 0.1) is 0 Å². The number of para-hydroxylation sites is 2. The number of amides is 3. The molecular weight excluding hydrogens is 442 g/mol. The minimum atomic E-state index is -0.874. The molecule has 4 rings (SSSR count). The minimum Gasteiger partial charge on any atom is -0.459 e. The third-order valence-corrected chi connectivity index (χ3v) is 5.69. The molecule has 33 heavy (non-hydrogen) atoms. The zero-order valence-corrected chi connectivity index (χ0v) is 18.4. The normalized spacial score (nSPS) is 11.7. The summed E-state index contributed by atoms with van der Waals surface area (Å²) in [6, 6.07) is 17.1. The Bertz CT molecular complexity index is 1230. The third kappa shape index (κ3) is 5.60. The number of aromatic nitrogens is 2. The predicted molar refractivity (Wildman–Crippen MR) is 123 cm³/mol. The number of aromatic amines is 1. The fourth-order valence-electron chi connectivity index (χ4n) is 2.94. The van der Waals surface area contributed by atoms with Crippen LogP contribution >= 0.6 is 11.8 Å². The fourth-order valence-corrected chi connectivity index (χ4v) is 3.78. The predicted octanol–water partition coefficient (Wildman–Crippen LogP) is 3.03. The number of hydrogen-bond donors (Lipinski definition) is 4. The molecular formula is C23H21N5O4S. The number of H-pyrrole nitrogens is 1. The van der Waals surface area contributed by atoms with Gasteiger partial charge in [-0.15, -0.1) is 0 Å². The number of hydrogen-bond acceptors (Lipinski definition) is 6. The van der Waals surface area contributed by atoms with Gasteiger partial charge in [-0.05, 0) is 48.9 Å². The first-order valence-electron chi connectivity index (χ1n) is 10.1. The van der Waals surface area contributed by atoms with E-state index in [0.717, 1.165) is 21.8 Å². The molecule has 0 saturated carbocycles. The molecule has 10 heteroatoms. The summed E-state index contributed by atoms with van der Waals surface area (Å²) < 4.78 is 4.98. The number of carbonyl (C=O) groups is 3. The van der Waals surface area contributed by atoms with Crippen LogP contribution in [0.3, 0.4) is 0 Å². The van der Waals surface area contributed by atoms with Crippen molar-refractivity contribution >= 4 is 40.5 Å². The summed E-state index contributed by atoms with van der Waals surface area (Å²) in [5, 5.41) is 3.31. The van der Waals surface area contributed by atoms with Gasteiger partial charge in [0.15, 0.2) is 10.9 Å². The molecule has 2 aromatic carbocycles. The molecule has 4 aromatic rings. The van der Waals surface area contributed by atoms with Crippen LogP contribution in [0.1, 0.15) is 33.4 Å². The Kier molecular flexibility index (Phi) is 6.75. The molecule has 0 aliphatic heterocycles. The molecule has 1 unspecified atom stereocenters. The van der Waals surface area contributed by atoms with Crippen LogP contribution in [-0.4, -0.2) is 33.7 Å². The summed E-state index contributed by atoms with van der Waals surface area (Å²) in [5.74, 6) is -0.778. The zero-order valence-electron chi connectivity index (χ0n) is 17.6. The quantitative estimate of drug-likeness (QED) is 0.246. The Labute approximate surface area is 193 Å². The van der Waals surface area contributed by atoms with Crippen molar-refractivity contribution in [3.8, 4) is 0 Å². The van der Waals surface area contributed by atoms with Gasteiger partial charge in [0, 0.05) is 11.3 Å². The summed E-state index contributed by atoms with van der Waals surface area (Å²) in [5.41, 5.74) is 7.97. The molecule has 0 radical (unpaired) electrons. The standard InChI is InChI=1S/C23H21N5O4S/c1-14(24-22(31)19-7-4-12-32-19)20(29)27-28-21(30)16-10-8-15(9-11-16)13-33-23-25-17-5-2-3-6-18(17)26-23/h2-12,14H,13H2,1H3,(H,24,31)(H,25,26)(H,27,29)(H,28,30). The van der Waals surface area contributed by atoms with Gasteiger partial charge in [0.05, 0.1) is 17.3 Å². The number of nitrogens with one attached hydrogen (secondary N) is 4. The van der Waals surface area contributed by atoms with Crippen LogP contribution in [-0.2, 0) is 10.5 Å². The molecule has 1 atom stereocenters. The molecule has 0 fully saturated rings. The summed E-state index contributed by atoms with van der Waals surface area (Å²) in [7, 11) is 0. The average Bonchev–Trinajstić information content (AvgIpc) is 3.51. The zero-order chi connectivity index (χ0) is 23.2. The van der Waals surface area contributed by atoms with E-state index in [1.807, 2.05) is 36.4 Å². The number of hydrazine groups is 1. The van der Waals surface area contributed by atoms with Crippen molar-refractivity contribution in [1.29, 1.82) is 0 Å². The van der Waals surface area contributed by atoms with Crippen molar-refractivity contribution in [2.75, 3.05) is 0 Å². The van der Waals surface area contributed by atoms with E-state index in [1.54, 1.807) is 30.0 Å². The van der Waals surface area contributed by atoms with E-state index in [4.69, 9.17) is 4.42 Å². The lowest BCUT2D eigenvalue weighted by Gasteiger charge is -2.14. The highest BCUT2D eigenvalue weighted by atomic mass is 32.2. The van der Waals surface area contributed by atoms with Gasteiger partial charge in [0.25, 0.3) is 17.7 Å². The second kappa shape index (κ2) is 10.0. The molecule has 2 heterocycles. The van der Waals surface area contributed by atoms with Crippen molar-refractivity contribution in [3.05, 3.63) is 83.8 Å². The lowest BCUT2D eigenvalue weighted by Crippen LogP contribution is -2.51. The van der Waals surface area contributed by atoms with E-state index in [2.05, 4.69) is 26.1 Å². The average molecular weight is 464 g/mol. The van der Waals surface area contributed by atoms with Crippen molar-refractivity contribution in [1.82, 2.24) is 26.1 Å². The summed E-state index contributed by atoms with van der Waals surface area (Å²) in [6.45, 7) is 1.50. The van der Waals surface area contributed by atoms with E-state index in [9.17, 15) is 14.4 Å². The summed E-state index contributed by atoms with van der Waals surface area (Å²) >= 11 is 1.57. The van der Waals surface area contributed by atoms with Gasteiger partial charge < -0.3 is 14.7 Å². The summed E-state index contributed by atoms with van der Waals surface area (Å²) in [4.78, 5) is 44.2. The molecule has 0 saturated heterocycles. The number of thioether (sulfide) groups is 1.